The number of hydrogen-bond donors (Lipinski definition) is 2. The lowest BCUT2D eigenvalue weighted by atomic mass is 9.98. The average Bonchev–Trinajstić information content (AvgIpc) is 2.75. The van der Waals surface area contributed by atoms with E-state index in [0.29, 0.717) is 35.1 Å². The van der Waals surface area contributed by atoms with Crippen LogP contribution in [-0.2, 0) is 0 Å². The zero-order chi connectivity index (χ0) is 20.6. The van der Waals surface area contributed by atoms with Crippen LogP contribution >= 0.6 is 0 Å². The highest BCUT2D eigenvalue weighted by molar-refractivity contribution is 5.94. The van der Waals surface area contributed by atoms with Crippen LogP contribution in [0.2, 0.25) is 0 Å². The Hall–Kier alpha value is -3.60. The second-order valence-electron chi connectivity index (χ2n) is 6.87. The van der Waals surface area contributed by atoms with Crippen LogP contribution in [0.4, 0.5) is 0 Å². The molecular formula is C24H24N2O3. The minimum absolute atomic E-state index is 0.109. The molecule has 5 nitrogen and oxygen atoms in total. The monoisotopic (exact) mass is 388 g/mol. The highest BCUT2D eigenvalue weighted by Gasteiger charge is 2.09. The summed E-state index contributed by atoms with van der Waals surface area (Å²) in [7, 11) is 0. The number of hydrogen-bond acceptors (Lipinski definition) is 3. The standard InChI is InChI=1S/C24H24N2O3/c1-17(18-5-3-2-4-6-18)15-16-26-24(28)20-9-13-22(14-10-20)29-21-11-7-19(8-12-21)23(25)27/h2-14,17H,15-16H2,1H3,(H2,25,27)(H,26,28). The molecule has 3 rings (SSSR count). The largest absolute Gasteiger partial charge is 0.457 e. The Kier molecular flexibility index (Phi) is 6.63. The maximum atomic E-state index is 12.3. The first-order valence-corrected chi connectivity index (χ1v) is 9.54. The highest BCUT2D eigenvalue weighted by atomic mass is 16.5. The Morgan fingerprint density at radius 2 is 1.41 bits per heavy atom. The summed E-state index contributed by atoms with van der Waals surface area (Å²) in [6.07, 6.45) is 0.873. The van der Waals surface area contributed by atoms with Gasteiger partial charge in [-0.2, -0.15) is 0 Å². The van der Waals surface area contributed by atoms with Crippen molar-refractivity contribution >= 4 is 11.8 Å². The lowest BCUT2D eigenvalue weighted by Gasteiger charge is -2.12. The van der Waals surface area contributed by atoms with Crippen molar-refractivity contribution in [2.75, 3.05) is 6.54 Å². The van der Waals surface area contributed by atoms with E-state index in [4.69, 9.17) is 10.5 Å². The second kappa shape index (κ2) is 9.55. The van der Waals surface area contributed by atoms with Crippen molar-refractivity contribution in [1.29, 1.82) is 0 Å². The Morgan fingerprint density at radius 1 is 0.862 bits per heavy atom. The van der Waals surface area contributed by atoms with E-state index in [1.165, 1.54) is 5.56 Å². The molecule has 0 aliphatic carbocycles. The number of amides is 2. The van der Waals surface area contributed by atoms with Gasteiger partial charge in [0.25, 0.3) is 5.91 Å². The second-order valence-corrected chi connectivity index (χ2v) is 6.87. The van der Waals surface area contributed by atoms with Crippen LogP contribution in [0.3, 0.4) is 0 Å². The van der Waals surface area contributed by atoms with Gasteiger partial charge in [-0.25, -0.2) is 0 Å². The van der Waals surface area contributed by atoms with Crippen LogP contribution in [0.15, 0.2) is 78.9 Å². The number of rotatable bonds is 8. The molecule has 0 aliphatic heterocycles. The first-order valence-electron chi connectivity index (χ1n) is 9.54. The minimum Gasteiger partial charge on any atom is -0.457 e. The molecule has 0 bridgehead atoms. The third-order valence-electron chi connectivity index (χ3n) is 4.72. The predicted octanol–water partition coefficient (Wildman–Crippen LogP) is 4.50. The average molecular weight is 388 g/mol. The van der Waals surface area contributed by atoms with Gasteiger partial charge >= 0.3 is 0 Å². The fraction of sp³-hybridized carbons (Fsp3) is 0.167. The molecule has 0 fully saturated rings. The molecule has 0 saturated carbocycles. The molecular weight excluding hydrogens is 364 g/mol. The van der Waals surface area contributed by atoms with Gasteiger partial charge in [-0.1, -0.05) is 37.3 Å². The van der Waals surface area contributed by atoms with Gasteiger partial charge in [0.05, 0.1) is 0 Å². The lowest BCUT2D eigenvalue weighted by Crippen LogP contribution is -2.25. The maximum Gasteiger partial charge on any atom is 0.251 e. The van der Waals surface area contributed by atoms with Gasteiger partial charge in [0.1, 0.15) is 11.5 Å². The summed E-state index contributed by atoms with van der Waals surface area (Å²) >= 11 is 0. The summed E-state index contributed by atoms with van der Waals surface area (Å²) in [6.45, 7) is 2.77. The number of carbonyl (C=O) groups is 2. The number of nitrogens with one attached hydrogen (secondary N) is 1. The number of nitrogens with two attached hydrogens (primary N) is 1. The van der Waals surface area contributed by atoms with E-state index in [9.17, 15) is 9.59 Å². The molecule has 0 heterocycles. The molecule has 3 aromatic carbocycles. The van der Waals surface area contributed by atoms with Crippen LogP contribution < -0.4 is 15.8 Å². The fourth-order valence-electron chi connectivity index (χ4n) is 2.95. The van der Waals surface area contributed by atoms with Crippen molar-refractivity contribution in [2.45, 2.75) is 19.3 Å². The quantitative estimate of drug-likeness (QED) is 0.596. The van der Waals surface area contributed by atoms with E-state index >= 15 is 0 Å². The Morgan fingerprint density at radius 3 is 1.97 bits per heavy atom. The van der Waals surface area contributed by atoms with E-state index in [-0.39, 0.29) is 5.91 Å². The molecule has 0 aliphatic rings. The summed E-state index contributed by atoms with van der Waals surface area (Å²) in [5.41, 5.74) is 7.49. The topological polar surface area (TPSA) is 81.4 Å². The normalized spacial score (nSPS) is 11.5. The van der Waals surface area contributed by atoms with Crippen LogP contribution in [-0.4, -0.2) is 18.4 Å². The van der Waals surface area contributed by atoms with Gasteiger partial charge in [-0.05, 0) is 66.4 Å². The third-order valence-corrected chi connectivity index (χ3v) is 4.72. The molecule has 1 unspecified atom stereocenters. The molecule has 1 atom stereocenters. The fourth-order valence-corrected chi connectivity index (χ4v) is 2.95. The number of ether oxygens (including phenoxy) is 1. The number of carbonyl (C=O) groups excluding carboxylic acids is 2. The first kappa shape index (κ1) is 20.1. The molecule has 29 heavy (non-hydrogen) atoms. The molecule has 148 valence electrons. The van der Waals surface area contributed by atoms with Crippen LogP contribution in [0.25, 0.3) is 0 Å². The van der Waals surface area contributed by atoms with Crippen molar-refractivity contribution in [3.8, 4) is 11.5 Å². The zero-order valence-corrected chi connectivity index (χ0v) is 16.3. The van der Waals surface area contributed by atoms with Crippen LogP contribution in [0.1, 0.15) is 45.5 Å². The predicted molar refractivity (Wildman–Crippen MR) is 113 cm³/mol. The summed E-state index contributed by atoms with van der Waals surface area (Å²) in [5, 5.41) is 2.96. The summed E-state index contributed by atoms with van der Waals surface area (Å²) < 4.78 is 5.73. The van der Waals surface area contributed by atoms with Gasteiger partial charge in [0.2, 0.25) is 5.91 Å². The van der Waals surface area contributed by atoms with Crippen molar-refractivity contribution in [2.24, 2.45) is 5.73 Å². The smallest absolute Gasteiger partial charge is 0.251 e. The van der Waals surface area contributed by atoms with Crippen molar-refractivity contribution in [1.82, 2.24) is 5.32 Å². The molecule has 3 N–H and O–H groups in total. The van der Waals surface area contributed by atoms with Gasteiger partial charge in [-0.15, -0.1) is 0 Å². The van der Waals surface area contributed by atoms with Gasteiger partial charge in [0, 0.05) is 17.7 Å². The molecule has 2 amide bonds. The summed E-state index contributed by atoms with van der Waals surface area (Å²) in [4.78, 5) is 23.4. The lowest BCUT2D eigenvalue weighted by molar-refractivity contribution is 0.0951. The molecule has 0 saturated heterocycles. The van der Waals surface area contributed by atoms with E-state index < -0.39 is 5.91 Å². The van der Waals surface area contributed by atoms with E-state index in [1.54, 1.807) is 48.5 Å². The van der Waals surface area contributed by atoms with Gasteiger partial charge in [0.15, 0.2) is 0 Å². The molecule has 5 heteroatoms. The van der Waals surface area contributed by atoms with Gasteiger partial charge < -0.3 is 15.8 Å². The maximum absolute atomic E-state index is 12.3. The Bertz CT molecular complexity index is 952. The first-order chi connectivity index (χ1) is 14.0. The Balaban J connectivity index is 1.50. The van der Waals surface area contributed by atoms with E-state index in [1.807, 2.05) is 18.2 Å². The van der Waals surface area contributed by atoms with Crippen molar-refractivity contribution < 1.29 is 14.3 Å². The third kappa shape index (κ3) is 5.69. The number of benzene rings is 3. The molecule has 0 spiro atoms. The van der Waals surface area contributed by atoms with Crippen LogP contribution in [0.5, 0.6) is 11.5 Å². The molecule has 0 aromatic heterocycles. The Labute approximate surface area is 170 Å². The van der Waals surface area contributed by atoms with Crippen LogP contribution in [0, 0.1) is 0 Å². The minimum atomic E-state index is -0.481. The summed E-state index contributed by atoms with van der Waals surface area (Å²) in [5.74, 6) is 0.981. The van der Waals surface area contributed by atoms with Crippen molar-refractivity contribution in [3.05, 3.63) is 95.6 Å². The highest BCUT2D eigenvalue weighted by Crippen LogP contribution is 2.22. The molecule has 3 aromatic rings. The zero-order valence-electron chi connectivity index (χ0n) is 16.3. The number of primary amides is 1. The van der Waals surface area contributed by atoms with Gasteiger partial charge in [-0.3, -0.25) is 9.59 Å². The SMILES string of the molecule is CC(CCNC(=O)c1ccc(Oc2ccc(C(N)=O)cc2)cc1)c1ccccc1. The molecule has 0 radical (unpaired) electrons. The van der Waals surface area contributed by atoms with E-state index in [0.717, 1.165) is 6.42 Å². The van der Waals surface area contributed by atoms with Crippen molar-refractivity contribution in [3.63, 3.8) is 0 Å². The summed E-state index contributed by atoms with van der Waals surface area (Å²) in [6, 6.07) is 23.8. The van der Waals surface area contributed by atoms with E-state index in [2.05, 4.69) is 24.4 Å².